The standard InChI is InChI=1S/C12H24/c1-6-7-10-8-12(4,5)11(10)9(2)3/h9-11H,6-8H2,1-5H3. The van der Waals surface area contributed by atoms with Gasteiger partial charge in [0.2, 0.25) is 0 Å². The summed E-state index contributed by atoms with van der Waals surface area (Å²) >= 11 is 0. The molecule has 0 spiro atoms. The lowest BCUT2D eigenvalue weighted by Crippen LogP contribution is -2.46. The summed E-state index contributed by atoms with van der Waals surface area (Å²) < 4.78 is 0. The zero-order valence-corrected chi connectivity index (χ0v) is 9.35. The van der Waals surface area contributed by atoms with Crippen LogP contribution in [0.5, 0.6) is 0 Å². The van der Waals surface area contributed by atoms with Crippen molar-refractivity contribution in [2.75, 3.05) is 0 Å². The van der Waals surface area contributed by atoms with E-state index in [4.69, 9.17) is 0 Å². The van der Waals surface area contributed by atoms with Gasteiger partial charge in [0, 0.05) is 0 Å². The van der Waals surface area contributed by atoms with Gasteiger partial charge in [0.05, 0.1) is 0 Å². The van der Waals surface area contributed by atoms with E-state index in [-0.39, 0.29) is 0 Å². The molecule has 1 saturated carbocycles. The SMILES string of the molecule is CCCC1CC(C)(C)C1C(C)C. The summed E-state index contributed by atoms with van der Waals surface area (Å²) in [5, 5.41) is 0. The average molecular weight is 168 g/mol. The molecule has 0 heterocycles. The molecule has 72 valence electrons. The van der Waals surface area contributed by atoms with Crippen molar-refractivity contribution < 1.29 is 0 Å². The molecule has 0 aliphatic heterocycles. The van der Waals surface area contributed by atoms with E-state index < -0.39 is 0 Å². The molecule has 0 amide bonds. The van der Waals surface area contributed by atoms with Gasteiger partial charge in [0.25, 0.3) is 0 Å². The third-order valence-corrected chi connectivity index (χ3v) is 3.58. The van der Waals surface area contributed by atoms with E-state index in [1.54, 1.807) is 0 Å². The van der Waals surface area contributed by atoms with Crippen molar-refractivity contribution in [3.63, 3.8) is 0 Å². The van der Waals surface area contributed by atoms with Crippen LogP contribution in [-0.2, 0) is 0 Å². The summed E-state index contributed by atoms with van der Waals surface area (Å²) in [5.74, 6) is 2.90. The Labute approximate surface area is 77.7 Å². The second-order valence-corrected chi connectivity index (χ2v) is 5.51. The van der Waals surface area contributed by atoms with Crippen LogP contribution in [0.1, 0.15) is 53.9 Å². The van der Waals surface area contributed by atoms with Crippen LogP contribution in [0.15, 0.2) is 0 Å². The first-order valence-electron chi connectivity index (χ1n) is 5.49. The highest BCUT2D eigenvalue weighted by molar-refractivity contribution is 4.96. The van der Waals surface area contributed by atoms with Gasteiger partial charge in [0.1, 0.15) is 0 Å². The summed E-state index contributed by atoms with van der Waals surface area (Å²) in [7, 11) is 0. The van der Waals surface area contributed by atoms with Crippen LogP contribution in [0.4, 0.5) is 0 Å². The number of hydrogen-bond acceptors (Lipinski definition) is 0. The summed E-state index contributed by atoms with van der Waals surface area (Å²) in [6.45, 7) is 11.9. The maximum Gasteiger partial charge on any atom is -0.0311 e. The Morgan fingerprint density at radius 2 is 1.92 bits per heavy atom. The van der Waals surface area contributed by atoms with Gasteiger partial charge in [-0.25, -0.2) is 0 Å². The molecule has 1 aliphatic rings. The molecule has 0 aromatic carbocycles. The Morgan fingerprint density at radius 1 is 1.33 bits per heavy atom. The fraction of sp³-hybridized carbons (Fsp3) is 1.00. The summed E-state index contributed by atoms with van der Waals surface area (Å²) in [6, 6.07) is 0. The van der Waals surface area contributed by atoms with Gasteiger partial charge in [-0.15, -0.1) is 0 Å². The molecule has 0 bridgehead atoms. The van der Waals surface area contributed by atoms with Crippen molar-refractivity contribution in [3.05, 3.63) is 0 Å². The number of rotatable bonds is 3. The van der Waals surface area contributed by atoms with Gasteiger partial charge < -0.3 is 0 Å². The van der Waals surface area contributed by atoms with E-state index in [0.717, 1.165) is 17.8 Å². The molecular formula is C12H24. The average Bonchev–Trinajstić information content (AvgIpc) is 1.83. The molecule has 0 aromatic rings. The maximum absolute atomic E-state index is 2.43. The van der Waals surface area contributed by atoms with Crippen molar-refractivity contribution >= 4 is 0 Å². The fourth-order valence-corrected chi connectivity index (χ4v) is 3.52. The molecule has 0 nitrogen and oxygen atoms in total. The molecule has 1 aliphatic carbocycles. The Bertz CT molecular complexity index is 144. The van der Waals surface area contributed by atoms with E-state index in [1.807, 2.05) is 0 Å². The van der Waals surface area contributed by atoms with Gasteiger partial charge in [-0.3, -0.25) is 0 Å². The molecule has 12 heavy (non-hydrogen) atoms. The second-order valence-electron chi connectivity index (χ2n) is 5.51. The van der Waals surface area contributed by atoms with Crippen molar-refractivity contribution in [1.82, 2.24) is 0 Å². The Kier molecular flexibility index (Phi) is 2.85. The van der Waals surface area contributed by atoms with Gasteiger partial charge in [-0.1, -0.05) is 47.5 Å². The van der Waals surface area contributed by atoms with E-state index >= 15 is 0 Å². The molecule has 0 saturated heterocycles. The first-order chi connectivity index (χ1) is 5.49. The van der Waals surface area contributed by atoms with Crippen LogP contribution in [-0.4, -0.2) is 0 Å². The van der Waals surface area contributed by atoms with Gasteiger partial charge in [0.15, 0.2) is 0 Å². The summed E-state index contributed by atoms with van der Waals surface area (Å²) in [6.07, 6.45) is 4.28. The van der Waals surface area contributed by atoms with Gasteiger partial charge >= 0.3 is 0 Å². The highest BCUT2D eigenvalue weighted by atomic mass is 14.5. The molecule has 1 rings (SSSR count). The summed E-state index contributed by atoms with van der Waals surface area (Å²) in [5.41, 5.74) is 0.633. The lowest BCUT2D eigenvalue weighted by atomic mass is 9.51. The summed E-state index contributed by atoms with van der Waals surface area (Å²) in [4.78, 5) is 0. The van der Waals surface area contributed by atoms with Crippen LogP contribution < -0.4 is 0 Å². The molecule has 1 fully saturated rings. The van der Waals surface area contributed by atoms with Crippen LogP contribution in [0.25, 0.3) is 0 Å². The van der Waals surface area contributed by atoms with Crippen LogP contribution in [0.2, 0.25) is 0 Å². The maximum atomic E-state index is 2.43. The predicted molar refractivity (Wildman–Crippen MR) is 55.1 cm³/mol. The van der Waals surface area contributed by atoms with E-state index in [9.17, 15) is 0 Å². The van der Waals surface area contributed by atoms with Crippen molar-refractivity contribution in [1.29, 1.82) is 0 Å². The third kappa shape index (κ3) is 1.67. The van der Waals surface area contributed by atoms with Crippen LogP contribution in [0.3, 0.4) is 0 Å². The zero-order valence-electron chi connectivity index (χ0n) is 9.35. The Hall–Kier alpha value is 0. The molecule has 0 radical (unpaired) electrons. The van der Waals surface area contributed by atoms with Crippen LogP contribution in [0, 0.1) is 23.2 Å². The van der Waals surface area contributed by atoms with E-state index in [2.05, 4.69) is 34.6 Å². The first kappa shape index (κ1) is 10.1. The molecule has 2 unspecified atom stereocenters. The normalized spacial score (nSPS) is 33.5. The Balaban J connectivity index is 2.51. The topological polar surface area (TPSA) is 0 Å². The van der Waals surface area contributed by atoms with E-state index in [1.165, 1.54) is 19.3 Å². The molecular weight excluding hydrogens is 144 g/mol. The van der Waals surface area contributed by atoms with Crippen molar-refractivity contribution in [2.45, 2.75) is 53.9 Å². The fourth-order valence-electron chi connectivity index (χ4n) is 3.52. The Morgan fingerprint density at radius 3 is 2.25 bits per heavy atom. The highest BCUT2D eigenvalue weighted by Gasteiger charge is 2.47. The van der Waals surface area contributed by atoms with E-state index in [0.29, 0.717) is 5.41 Å². The molecule has 2 atom stereocenters. The smallest absolute Gasteiger partial charge is 0.0311 e. The quantitative estimate of drug-likeness (QED) is 0.595. The molecule has 0 aromatic heterocycles. The highest BCUT2D eigenvalue weighted by Crippen LogP contribution is 2.55. The van der Waals surface area contributed by atoms with Crippen molar-refractivity contribution in [2.24, 2.45) is 23.2 Å². The first-order valence-corrected chi connectivity index (χ1v) is 5.49. The minimum Gasteiger partial charge on any atom is -0.0654 e. The minimum absolute atomic E-state index is 0.633. The second kappa shape index (κ2) is 3.40. The monoisotopic (exact) mass is 168 g/mol. The third-order valence-electron chi connectivity index (χ3n) is 3.58. The van der Waals surface area contributed by atoms with Crippen molar-refractivity contribution in [3.8, 4) is 0 Å². The van der Waals surface area contributed by atoms with Gasteiger partial charge in [-0.2, -0.15) is 0 Å². The van der Waals surface area contributed by atoms with Gasteiger partial charge in [-0.05, 0) is 29.6 Å². The lowest BCUT2D eigenvalue weighted by molar-refractivity contribution is -0.0481. The molecule has 0 heteroatoms. The predicted octanol–water partition coefficient (Wildman–Crippen LogP) is 4.10. The zero-order chi connectivity index (χ0) is 9.35. The number of hydrogen-bond donors (Lipinski definition) is 0. The minimum atomic E-state index is 0.633. The largest absolute Gasteiger partial charge is 0.0654 e. The lowest BCUT2D eigenvalue weighted by Gasteiger charge is -2.54. The van der Waals surface area contributed by atoms with Crippen LogP contribution >= 0.6 is 0 Å². The molecule has 0 N–H and O–H groups in total.